The van der Waals surface area contributed by atoms with E-state index in [2.05, 4.69) is 5.32 Å². The molecule has 0 saturated heterocycles. The standard InChI is InChI=1S/C18H14ClNO6S/c1-27(23,24)14-5-3-13(4-6-14)20-17(21)10-25-18(22)16-9-11-8-12(19)2-7-15(11)26-16/h2-9H,10H2,1H3,(H,20,21). The van der Waals surface area contributed by atoms with Crippen LogP contribution in [-0.4, -0.2) is 33.2 Å². The van der Waals surface area contributed by atoms with E-state index in [1.807, 2.05) is 0 Å². The lowest BCUT2D eigenvalue weighted by atomic mass is 10.2. The van der Waals surface area contributed by atoms with Crippen molar-refractivity contribution in [1.82, 2.24) is 0 Å². The monoisotopic (exact) mass is 407 g/mol. The summed E-state index contributed by atoms with van der Waals surface area (Å²) in [4.78, 5) is 24.0. The van der Waals surface area contributed by atoms with Crippen LogP contribution in [0.2, 0.25) is 5.02 Å². The number of hydrogen-bond donors (Lipinski definition) is 1. The molecule has 1 heterocycles. The molecule has 0 atom stereocenters. The second-order valence-electron chi connectivity index (χ2n) is 5.71. The third-order valence-corrected chi connectivity index (χ3v) is 4.94. The Morgan fingerprint density at radius 1 is 1.11 bits per heavy atom. The zero-order valence-corrected chi connectivity index (χ0v) is 15.6. The number of benzene rings is 2. The molecule has 0 unspecified atom stereocenters. The zero-order chi connectivity index (χ0) is 19.6. The summed E-state index contributed by atoms with van der Waals surface area (Å²) in [5.41, 5.74) is 0.851. The van der Waals surface area contributed by atoms with Crippen LogP contribution < -0.4 is 5.32 Å². The molecule has 3 rings (SSSR count). The van der Waals surface area contributed by atoms with Crippen LogP contribution in [0.5, 0.6) is 0 Å². The van der Waals surface area contributed by atoms with Gasteiger partial charge in [0.05, 0.1) is 4.90 Å². The predicted molar refractivity (Wildman–Crippen MR) is 99.7 cm³/mol. The number of anilines is 1. The largest absolute Gasteiger partial charge is 0.450 e. The number of carbonyl (C=O) groups is 2. The van der Waals surface area contributed by atoms with Crippen molar-refractivity contribution in [3.05, 3.63) is 59.3 Å². The van der Waals surface area contributed by atoms with E-state index in [1.165, 1.54) is 30.3 Å². The molecule has 0 aliphatic heterocycles. The second-order valence-corrected chi connectivity index (χ2v) is 8.17. The zero-order valence-electron chi connectivity index (χ0n) is 14.1. The van der Waals surface area contributed by atoms with Gasteiger partial charge in [-0.2, -0.15) is 0 Å². The maximum Gasteiger partial charge on any atom is 0.374 e. The lowest BCUT2D eigenvalue weighted by molar-refractivity contribution is -0.119. The Morgan fingerprint density at radius 2 is 1.81 bits per heavy atom. The van der Waals surface area contributed by atoms with Gasteiger partial charge in [0, 0.05) is 22.4 Å². The summed E-state index contributed by atoms with van der Waals surface area (Å²) < 4.78 is 33.1. The van der Waals surface area contributed by atoms with Gasteiger partial charge in [0.2, 0.25) is 5.76 Å². The van der Waals surface area contributed by atoms with Gasteiger partial charge in [-0.25, -0.2) is 13.2 Å². The summed E-state index contributed by atoms with van der Waals surface area (Å²) in [6.07, 6.45) is 1.09. The van der Waals surface area contributed by atoms with Gasteiger partial charge in [0.25, 0.3) is 5.91 Å². The molecule has 0 saturated carbocycles. The molecule has 0 bridgehead atoms. The van der Waals surface area contributed by atoms with Crippen LogP contribution in [0.25, 0.3) is 11.0 Å². The van der Waals surface area contributed by atoms with Crippen molar-refractivity contribution in [2.75, 3.05) is 18.2 Å². The molecule has 3 aromatic rings. The first-order valence-corrected chi connectivity index (χ1v) is 9.95. The molecule has 0 aliphatic carbocycles. The minimum Gasteiger partial charge on any atom is -0.450 e. The van der Waals surface area contributed by atoms with Gasteiger partial charge in [0.1, 0.15) is 5.58 Å². The highest BCUT2D eigenvalue weighted by Gasteiger charge is 2.16. The normalized spacial score (nSPS) is 11.3. The molecule has 27 heavy (non-hydrogen) atoms. The van der Waals surface area contributed by atoms with Gasteiger partial charge < -0.3 is 14.5 Å². The molecular weight excluding hydrogens is 394 g/mol. The van der Waals surface area contributed by atoms with E-state index in [-0.39, 0.29) is 10.7 Å². The first-order chi connectivity index (χ1) is 12.7. The number of rotatable bonds is 5. The van der Waals surface area contributed by atoms with Gasteiger partial charge in [-0.3, -0.25) is 4.79 Å². The van der Waals surface area contributed by atoms with E-state index in [0.29, 0.717) is 21.7 Å². The summed E-state index contributed by atoms with van der Waals surface area (Å²) in [5, 5.41) is 3.65. The molecule has 1 N–H and O–H groups in total. The smallest absolute Gasteiger partial charge is 0.374 e. The third kappa shape index (κ3) is 4.66. The lowest BCUT2D eigenvalue weighted by Gasteiger charge is -2.06. The molecule has 2 aromatic carbocycles. The number of halogens is 1. The van der Waals surface area contributed by atoms with Gasteiger partial charge >= 0.3 is 5.97 Å². The van der Waals surface area contributed by atoms with Crippen molar-refractivity contribution in [1.29, 1.82) is 0 Å². The van der Waals surface area contributed by atoms with E-state index in [0.717, 1.165) is 6.26 Å². The van der Waals surface area contributed by atoms with Crippen molar-refractivity contribution in [3.8, 4) is 0 Å². The summed E-state index contributed by atoms with van der Waals surface area (Å²) >= 11 is 5.88. The molecule has 140 valence electrons. The maximum absolute atomic E-state index is 12.0. The highest BCUT2D eigenvalue weighted by atomic mass is 35.5. The quantitative estimate of drug-likeness (QED) is 0.651. The topological polar surface area (TPSA) is 103 Å². The van der Waals surface area contributed by atoms with Crippen molar-refractivity contribution < 1.29 is 27.2 Å². The van der Waals surface area contributed by atoms with Crippen molar-refractivity contribution in [2.24, 2.45) is 0 Å². The average Bonchev–Trinajstić information content (AvgIpc) is 3.02. The lowest BCUT2D eigenvalue weighted by Crippen LogP contribution is -2.20. The Bertz CT molecular complexity index is 1120. The van der Waals surface area contributed by atoms with Gasteiger partial charge in [-0.05, 0) is 48.5 Å². The van der Waals surface area contributed by atoms with Crippen LogP contribution in [0.3, 0.4) is 0 Å². The van der Waals surface area contributed by atoms with Gasteiger partial charge in [-0.1, -0.05) is 11.6 Å². The average molecular weight is 408 g/mol. The van der Waals surface area contributed by atoms with E-state index in [4.69, 9.17) is 20.8 Å². The number of hydrogen-bond acceptors (Lipinski definition) is 6. The van der Waals surface area contributed by atoms with E-state index in [9.17, 15) is 18.0 Å². The molecular formula is C18H14ClNO6S. The maximum atomic E-state index is 12.0. The summed E-state index contributed by atoms with van der Waals surface area (Å²) in [6, 6.07) is 12.0. The molecule has 0 aliphatic rings. The molecule has 0 spiro atoms. The molecule has 7 nitrogen and oxygen atoms in total. The number of ether oxygens (including phenoxy) is 1. The van der Waals surface area contributed by atoms with E-state index >= 15 is 0 Å². The predicted octanol–water partition coefficient (Wildman–Crippen LogP) is 3.29. The van der Waals surface area contributed by atoms with Crippen LogP contribution in [-0.2, 0) is 19.4 Å². The molecule has 1 amide bonds. The number of amides is 1. The van der Waals surface area contributed by atoms with E-state index < -0.39 is 28.3 Å². The molecule has 0 radical (unpaired) electrons. The van der Waals surface area contributed by atoms with Gasteiger partial charge in [0.15, 0.2) is 16.4 Å². The Morgan fingerprint density at radius 3 is 2.48 bits per heavy atom. The Labute approximate surface area is 159 Å². The highest BCUT2D eigenvalue weighted by Crippen LogP contribution is 2.23. The van der Waals surface area contributed by atoms with Crippen LogP contribution in [0.15, 0.2) is 57.8 Å². The first kappa shape index (κ1) is 18.9. The minimum atomic E-state index is -3.31. The molecule has 1 aromatic heterocycles. The number of esters is 1. The third-order valence-electron chi connectivity index (χ3n) is 3.58. The summed E-state index contributed by atoms with van der Waals surface area (Å²) in [6.45, 7) is -0.523. The number of nitrogens with one attached hydrogen (secondary N) is 1. The summed E-state index contributed by atoms with van der Waals surface area (Å²) in [5.74, 6) is -1.41. The van der Waals surface area contributed by atoms with Crippen molar-refractivity contribution >= 4 is 50.0 Å². The van der Waals surface area contributed by atoms with Crippen molar-refractivity contribution in [3.63, 3.8) is 0 Å². The number of sulfone groups is 1. The number of furan rings is 1. The Hall–Kier alpha value is -2.84. The number of carbonyl (C=O) groups excluding carboxylic acids is 2. The highest BCUT2D eigenvalue weighted by molar-refractivity contribution is 7.90. The van der Waals surface area contributed by atoms with Crippen LogP contribution in [0.1, 0.15) is 10.6 Å². The van der Waals surface area contributed by atoms with Crippen LogP contribution in [0.4, 0.5) is 5.69 Å². The SMILES string of the molecule is CS(=O)(=O)c1ccc(NC(=O)COC(=O)c2cc3cc(Cl)ccc3o2)cc1. The summed E-state index contributed by atoms with van der Waals surface area (Å²) in [7, 11) is -3.31. The fourth-order valence-corrected chi connectivity index (χ4v) is 3.11. The fourth-order valence-electron chi connectivity index (χ4n) is 2.30. The second kappa shape index (κ2) is 7.42. The van der Waals surface area contributed by atoms with Crippen LogP contribution in [0, 0.1) is 0 Å². The van der Waals surface area contributed by atoms with E-state index in [1.54, 1.807) is 18.2 Å². The first-order valence-electron chi connectivity index (χ1n) is 7.68. The Kier molecular flexibility index (Phi) is 5.20. The fraction of sp³-hybridized carbons (Fsp3) is 0.111. The minimum absolute atomic E-state index is 0.0439. The van der Waals surface area contributed by atoms with Crippen molar-refractivity contribution in [2.45, 2.75) is 4.90 Å². The van der Waals surface area contributed by atoms with Crippen LogP contribution >= 0.6 is 11.6 Å². The van der Waals surface area contributed by atoms with Gasteiger partial charge in [-0.15, -0.1) is 0 Å². The number of fused-ring (bicyclic) bond motifs is 1. The molecule has 9 heteroatoms. The molecule has 0 fully saturated rings. The Balaban J connectivity index is 1.58.